The number of Topliss-reactive ketones (excluding diaryl/α,β-unsaturated/α-hetero) is 1. The molecule has 2 rings (SSSR count). The van der Waals surface area contributed by atoms with Gasteiger partial charge < -0.3 is 9.88 Å². The van der Waals surface area contributed by atoms with Crippen LogP contribution >= 0.6 is 11.6 Å². The van der Waals surface area contributed by atoms with Crippen LogP contribution in [0.15, 0.2) is 6.07 Å². The highest BCUT2D eigenvalue weighted by molar-refractivity contribution is 6.30. The van der Waals surface area contributed by atoms with Crippen molar-refractivity contribution in [3.05, 3.63) is 23.0 Å². The maximum absolute atomic E-state index is 11.8. The van der Waals surface area contributed by atoms with Crippen molar-refractivity contribution in [3.8, 4) is 0 Å². The van der Waals surface area contributed by atoms with Gasteiger partial charge in [0.1, 0.15) is 6.54 Å². The molecule has 0 bridgehead atoms. The molecular weight excluding hydrogens is 252 g/mol. The molecule has 4 nitrogen and oxygen atoms in total. The normalized spacial score (nSPS) is 14.6. The van der Waals surface area contributed by atoms with E-state index in [0.717, 1.165) is 24.2 Å². The summed E-state index contributed by atoms with van der Waals surface area (Å²) >= 11 is 5.56. The number of aryl methyl sites for hydroxylation is 1. The molecular formula is C13H17ClN2O2. The molecule has 18 heavy (non-hydrogen) atoms. The van der Waals surface area contributed by atoms with Crippen molar-refractivity contribution in [1.29, 1.82) is 0 Å². The minimum absolute atomic E-state index is 0.00386. The van der Waals surface area contributed by atoms with E-state index in [-0.39, 0.29) is 24.1 Å². The Kier molecular flexibility index (Phi) is 3.76. The smallest absolute Gasteiger partial charge is 0.240 e. The van der Waals surface area contributed by atoms with Crippen LogP contribution in [0, 0.1) is 13.8 Å². The van der Waals surface area contributed by atoms with Crippen LogP contribution in [0.25, 0.3) is 0 Å². The maximum Gasteiger partial charge on any atom is 0.240 e. The predicted molar refractivity (Wildman–Crippen MR) is 70.1 cm³/mol. The summed E-state index contributed by atoms with van der Waals surface area (Å²) in [5, 5.41) is 2.94. The monoisotopic (exact) mass is 268 g/mol. The Bertz CT molecular complexity index is 489. The summed E-state index contributed by atoms with van der Waals surface area (Å²) in [6.07, 6.45) is 2.15. The van der Waals surface area contributed by atoms with Gasteiger partial charge in [-0.2, -0.15) is 0 Å². The predicted octanol–water partition coefficient (Wildman–Crippen LogP) is 1.81. The highest BCUT2D eigenvalue weighted by Gasteiger charge is 2.24. The molecule has 1 aliphatic carbocycles. The average molecular weight is 269 g/mol. The molecule has 1 N–H and O–H groups in total. The molecule has 1 heterocycles. The van der Waals surface area contributed by atoms with Crippen molar-refractivity contribution in [2.75, 3.05) is 5.88 Å². The number of hydrogen-bond donors (Lipinski definition) is 1. The Morgan fingerprint density at radius 1 is 1.44 bits per heavy atom. The van der Waals surface area contributed by atoms with Crippen LogP contribution in [0.5, 0.6) is 0 Å². The Morgan fingerprint density at radius 3 is 2.67 bits per heavy atom. The summed E-state index contributed by atoms with van der Waals surface area (Å²) in [4.78, 5) is 23.4. The molecule has 0 saturated heterocycles. The molecule has 0 radical (unpaired) electrons. The Hall–Kier alpha value is -1.29. The second-order valence-corrected chi connectivity index (χ2v) is 5.04. The summed E-state index contributed by atoms with van der Waals surface area (Å²) in [6.45, 7) is 4.00. The second kappa shape index (κ2) is 5.14. The molecule has 0 unspecified atom stereocenters. The highest BCUT2D eigenvalue weighted by atomic mass is 35.5. The zero-order valence-corrected chi connectivity index (χ0v) is 11.4. The zero-order chi connectivity index (χ0) is 13.3. The van der Waals surface area contributed by atoms with Gasteiger partial charge in [0.15, 0.2) is 5.78 Å². The lowest BCUT2D eigenvalue weighted by Crippen LogP contribution is -2.30. The fourth-order valence-corrected chi connectivity index (χ4v) is 2.19. The van der Waals surface area contributed by atoms with Crippen molar-refractivity contribution in [2.45, 2.75) is 39.3 Å². The Balaban J connectivity index is 2.14. The van der Waals surface area contributed by atoms with Crippen LogP contribution < -0.4 is 5.32 Å². The first-order chi connectivity index (χ1) is 8.52. The van der Waals surface area contributed by atoms with E-state index in [9.17, 15) is 9.59 Å². The second-order valence-electron chi connectivity index (χ2n) is 4.77. The van der Waals surface area contributed by atoms with Crippen LogP contribution in [0.3, 0.4) is 0 Å². The average Bonchev–Trinajstić information content (AvgIpc) is 3.10. The molecule has 1 aliphatic rings. The number of ketones is 1. The molecule has 0 atom stereocenters. The van der Waals surface area contributed by atoms with Crippen LogP contribution in [-0.4, -0.2) is 28.2 Å². The minimum atomic E-state index is -0.0985. The molecule has 1 aromatic rings. The van der Waals surface area contributed by atoms with Crippen molar-refractivity contribution in [2.24, 2.45) is 0 Å². The van der Waals surface area contributed by atoms with Crippen LogP contribution in [0.4, 0.5) is 0 Å². The van der Waals surface area contributed by atoms with Crippen molar-refractivity contribution in [1.82, 2.24) is 9.88 Å². The fraction of sp³-hybridized carbons (Fsp3) is 0.538. The largest absolute Gasteiger partial charge is 0.352 e. The number of rotatable bonds is 5. The van der Waals surface area contributed by atoms with Crippen LogP contribution in [0.1, 0.15) is 34.6 Å². The first-order valence-corrected chi connectivity index (χ1v) is 6.61. The van der Waals surface area contributed by atoms with E-state index >= 15 is 0 Å². The van der Waals surface area contributed by atoms with Gasteiger partial charge in [-0.3, -0.25) is 9.59 Å². The summed E-state index contributed by atoms with van der Waals surface area (Å²) in [5.74, 6) is -0.124. The van der Waals surface area contributed by atoms with Gasteiger partial charge in [-0.25, -0.2) is 0 Å². The van der Waals surface area contributed by atoms with Gasteiger partial charge in [0.05, 0.1) is 5.88 Å². The number of hydrogen-bond acceptors (Lipinski definition) is 2. The van der Waals surface area contributed by atoms with E-state index in [2.05, 4.69) is 5.32 Å². The first kappa shape index (κ1) is 13.1. The molecule has 0 spiro atoms. The first-order valence-electron chi connectivity index (χ1n) is 6.08. The van der Waals surface area contributed by atoms with E-state index in [1.165, 1.54) is 0 Å². The Morgan fingerprint density at radius 2 is 2.11 bits per heavy atom. The number of alkyl halides is 1. The van der Waals surface area contributed by atoms with Gasteiger partial charge in [-0.05, 0) is 32.8 Å². The third-order valence-corrected chi connectivity index (χ3v) is 3.48. The third kappa shape index (κ3) is 2.75. The minimum Gasteiger partial charge on any atom is -0.352 e. The lowest BCUT2D eigenvalue weighted by atomic mass is 10.2. The van der Waals surface area contributed by atoms with E-state index in [4.69, 9.17) is 11.6 Å². The maximum atomic E-state index is 11.8. The number of amides is 1. The van der Waals surface area contributed by atoms with E-state index in [0.29, 0.717) is 11.6 Å². The van der Waals surface area contributed by atoms with Gasteiger partial charge in [0.2, 0.25) is 5.91 Å². The van der Waals surface area contributed by atoms with E-state index in [1.54, 1.807) is 6.07 Å². The summed E-state index contributed by atoms with van der Waals surface area (Å²) < 4.78 is 1.86. The summed E-state index contributed by atoms with van der Waals surface area (Å²) in [6, 6.07) is 2.15. The molecule has 1 amide bonds. The molecule has 0 aromatic carbocycles. The Labute approximate surface area is 111 Å². The number of halogens is 1. The lowest BCUT2D eigenvalue weighted by molar-refractivity contribution is -0.121. The van der Waals surface area contributed by atoms with Crippen molar-refractivity contribution in [3.63, 3.8) is 0 Å². The summed E-state index contributed by atoms with van der Waals surface area (Å²) in [7, 11) is 0. The van der Waals surface area contributed by atoms with E-state index in [1.807, 2.05) is 18.4 Å². The molecule has 1 saturated carbocycles. The number of nitrogens with one attached hydrogen (secondary N) is 1. The molecule has 98 valence electrons. The van der Waals surface area contributed by atoms with Gasteiger partial charge in [-0.15, -0.1) is 11.6 Å². The van der Waals surface area contributed by atoms with Crippen LogP contribution in [-0.2, 0) is 11.3 Å². The highest BCUT2D eigenvalue weighted by Crippen LogP contribution is 2.19. The van der Waals surface area contributed by atoms with Gasteiger partial charge >= 0.3 is 0 Å². The topological polar surface area (TPSA) is 51.1 Å². The lowest BCUT2D eigenvalue weighted by Gasteiger charge is -2.09. The van der Waals surface area contributed by atoms with Gasteiger partial charge in [-0.1, -0.05) is 0 Å². The molecule has 5 heteroatoms. The molecule has 1 fully saturated rings. The number of nitrogens with zero attached hydrogens (tertiary/aromatic N) is 1. The van der Waals surface area contributed by atoms with Crippen molar-refractivity contribution >= 4 is 23.3 Å². The van der Waals surface area contributed by atoms with Crippen molar-refractivity contribution < 1.29 is 9.59 Å². The number of carbonyl (C=O) groups is 2. The quantitative estimate of drug-likeness (QED) is 0.654. The standard InChI is InChI=1S/C13H17ClN2O2/c1-8-5-11(12(17)6-14)9(2)16(8)7-13(18)15-10-3-4-10/h5,10H,3-4,6-7H2,1-2H3,(H,15,18). The number of carbonyl (C=O) groups excluding carboxylic acids is 2. The fourth-order valence-electron chi connectivity index (χ4n) is 2.04. The van der Waals surface area contributed by atoms with Crippen LogP contribution in [0.2, 0.25) is 0 Å². The molecule has 1 aromatic heterocycles. The van der Waals surface area contributed by atoms with E-state index < -0.39 is 0 Å². The SMILES string of the molecule is Cc1cc(C(=O)CCl)c(C)n1CC(=O)NC1CC1. The summed E-state index contributed by atoms with van der Waals surface area (Å²) in [5.41, 5.74) is 2.33. The van der Waals surface area contributed by atoms with Gasteiger partial charge in [0.25, 0.3) is 0 Å². The molecule has 0 aliphatic heterocycles. The number of aromatic nitrogens is 1. The third-order valence-electron chi connectivity index (χ3n) is 3.24. The zero-order valence-electron chi connectivity index (χ0n) is 10.6. The van der Waals surface area contributed by atoms with Gasteiger partial charge in [0, 0.05) is 23.0 Å².